The molecule has 1 saturated heterocycles. The number of hydrogen-bond acceptors (Lipinski definition) is 2. The van der Waals surface area contributed by atoms with Crippen LogP contribution in [0.25, 0.3) is 0 Å². The topological polar surface area (TPSA) is 40.5 Å². The summed E-state index contributed by atoms with van der Waals surface area (Å²) in [5.74, 6) is 2.59. The lowest BCUT2D eigenvalue weighted by atomic mass is 9.85. The molecule has 3 unspecified atom stereocenters. The first-order valence-electron chi connectivity index (χ1n) is 6.66. The molecule has 3 atom stereocenters. The van der Waals surface area contributed by atoms with Crippen LogP contribution in [-0.4, -0.2) is 34.6 Å². The Balaban J connectivity index is 2.01. The van der Waals surface area contributed by atoms with Gasteiger partial charge in [0.1, 0.15) is 6.04 Å². The number of nitrogens with zero attached hydrogens (tertiary/aromatic N) is 1. The van der Waals surface area contributed by atoms with Crippen LogP contribution >= 0.6 is 0 Å². The third-order valence-electron chi connectivity index (χ3n) is 4.24. The Bertz CT molecular complexity index is 321. The fourth-order valence-corrected chi connectivity index (χ4v) is 3.48. The lowest BCUT2D eigenvalue weighted by molar-refractivity contribution is -0.142. The molecule has 1 saturated carbocycles. The van der Waals surface area contributed by atoms with E-state index in [4.69, 9.17) is 6.42 Å². The summed E-state index contributed by atoms with van der Waals surface area (Å²) in [7, 11) is 0. The maximum Gasteiger partial charge on any atom is 0.320 e. The molecule has 2 rings (SSSR count). The van der Waals surface area contributed by atoms with Gasteiger partial charge in [-0.1, -0.05) is 12.8 Å². The molecule has 1 aliphatic carbocycles. The Morgan fingerprint density at radius 3 is 2.88 bits per heavy atom. The number of aliphatic carboxylic acids is 1. The van der Waals surface area contributed by atoms with Gasteiger partial charge in [0, 0.05) is 19.0 Å². The van der Waals surface area contributed by atoms with Gasteiger partial charge < -0.3 is 5.11 Å². The molecule has 2 fully saturated rings. The lowest BCUT2D eigenvalue weighted by Crippen LogP contribution is -2.42. The molecular formula is C14H21NO2. The minimum atomic E-state index is -0.653. The van der Waals surface area contributed by atoms with Crippen LogP contribution in [0.4, 0.5) is 0 Å². The van der Waals surface area contributed by atoms with Crippen molar-refractivity contribution in [2.45, 2.75) is 57.0 Å². The summed E-state index contributed by atoms with van der Waals surface area (Å²) >= 11 is 0. The van der Waals surface area contributed by atoms with Crippen LogP contribution < -0.4 is 0 Å². The fraction of sp³-hybridized carbons (Fsp3) is 0.786. The standard InChI is InChI=1S/C14H21NO2/c1-2-3-6-9-15-12-8-5-4-7-11(12)10-13(15)14(16)17/h1,11-13H,3-10H2,(H,16,17). The molecule has 0 spiro atoms. The van der Waals surface area contributed by atoms with Gasteiger partial charge in [-0.15, -0.1) is 12.3 Å². The van der Waals surface area contributed by atoms with Gasteiger partial charge in [-0.2, -0.15) is 0 Å². The van der Waals surface area contributed by atoms with Gasteiger partial charge in [0.25, 0.3) is 0 Å². The van der Waals surface area contributed by atoms with E-state index in [1.165, 1.54) is 25.7 Å². The van der Waals surface area contributed by atoms with Crippen molar-refractivity contribution in [3.8, 4) is 12.3 Å². The third-order valence-corrected chi connectivity index (χ3v) is 4.24. The van der Waals surface area contributed by atoms with Crippen LogP contribution in [-0.2, 0) is 4.79 Å². The minimum absolute atomic E-state index is 0.263. The van der Waals surface area contributed by atoms with Crippen LogP contribution in [0.2, 0.25) is 0 Å². The fourth-order valence-electron chi connectivity index (χ4n) is 3.48. The predicted octanol–water partition coefficient (Wildman–Crippen LogP) is 2.12. The summed E-state index contributed by atoms with van der Waals surface area (Å²) in [5, 5.41) is 9.31. The zero-order chi connectivity index (χ0) is 12.3. The van der Waals surface area contributed by atoms with E-state index in [9.17, 15) is 9.90 Å². The van der Waals surface area contributed by atoms with Crippen molar-refractivity contribution in [1.82, 2.24) is 4.90 Å². The number of terminal acetylenes is 1. The molecule has 94 valence electrons. The Kier molecular flexibility index (Phi) is 4.06. The van der Waals surface area contributed by atoms with Crippen LogP contribution in [0.15, 0.2) is 0 Å². The van der Waals surface area contributed by atoms with Gasteiger partial charge in [-0.25, -0.2) is 0 Å². The van der Waals surface area contributed by atoms with Crippen LogP contribution in [0.3, 0.4) is 0 Å². The van der Waals surface area contributed by atoms with Crippen molar-refractivity contribution in [1.29, 1.82) is 0 Å². The van der Waals surface area contributed by atoms with Crippen molar-refractivity contribution in [2.75, 3.05) is 6.54 Å². The number of rotatable bonds is 4. The van der Waals surface area contributed by atoms with E-state index in [1.54, 1.807) is 0 Å². The molecule has 0 radical (unpaired) electrons. The first-order chi connectivity index (χ1) is 8.24. The van der Waals surface area contributed by atoms with Crippen molar-refractivity contribution in [2.24, 2.45) is 5.92 Å². The molecule has 2 aliphatic rings. The van der Waals surface area contributed by atoms with Crippen molar-refractivity contribution < 1.29 is 9.90 Å². The number of likely N-dealkylation sites (tertiary alicyclic amines) is 1. The number of carboxylic acid groups (broad SMARTS) is 1. The second-order valence-corrected chi connectivity index (χ2v) is 5.25. The molecular weight excluding hydrogens is 214 g/mol. The zero-order valence-corrected chi connectivity index (χ0v) is 10.3. The monoisotopic (exact) mass is 235 g/mol. The Morgan fingerprint density at radius 1 is 1.41 bits per heavy atom. The summed E-state index contributed by atoms with van der Waals surface area (Å²) < 4.78 is 0. The second kappa shape index (κ2) is 5.55. The van der Waals surface area contributed by atoms with E-state index >= 15 is 0 Å². The van der Waals surface area contributed by atoms with Gasteiger partial charge in [-0.05, 0) is 31.6 Å². The molecule has 0 aromatic carbocycles. The number of carboxylic acids is 1. The smallest absolute Gasteiger partial charge is 0.320 e. The summed E-state index contributed by atoms with van der Waals surface area (Å²) in [5.41, 5.74) is 0. The van der Waals surface area contributed by atoms with Crippen molar-refractivity contribution >= 4 is 5.97 Å². The SMILES string of the molecule is C#CCCCN1C(C(=O)O)CC2CCCCC21. The summed E-state index contributed by atoms with van der Waals surface area (Å²) in [6.07, 6.45) is 12.7. The highest BCUT2D eigenvalue weighted by Gasteiger charge is 2.44. The molecule has 1 N–H and O–H groups in total. The van der Waals surface area contributed by atoms with Gasteiger partial charge in [0.15, 0.2) is 0 Å². The molecule has 1 aliphatic heterocycles. The normalized spacial score (nSPS) is 33.0. The predicted molar refractivity (Wildman–Crippen MR) is 66.6 cm³/mol. The van der Waals surface area contributed by atoms with E-state index in [-0.39, 0.29) is 6.04 Å². The highest BCUT2D eigenvalue weighted by atomic mass is 16.4. The molecule has 17 heavy (non-hydrogen) atoms. The quantitative estimate of drug-likeness (QED) is 0.599. The van der Waals surface area contributed by atoms with E-state index in [1.807, 2.05) is 0 Å². The number of unbranched alkanes of at least 4 members (excludes halogenated alkanes) is 1. The highest BCUT2D eigenvalue weighted by Crippen LogP contribution is 2.39. The van der Waals surface area contributed by atoms with Gasteiger partial charge in [0.05, 0.1) is 0 Å². The molecule has 1 heterocycles. The number of carbonyl (C=O) groups is 1. The molecule has 0 aromatic rings. The van der Waals surface area contributed by atoms with Crippen LogP contribution in [0.5, 0.6) is 0 Å². The molecule has 3 heteroatoms. The van der Waals surface area contributed by atoms with Crippen molar-refractivity contribution in [3.63, 3.8) is 0 Å². The van der Waals surface area contributed by atoms with Gasteiger partial charge in [-0.3, -0.25) is 9.69 Å². The average Bonchev–Trinajstić information content (AvgIpc) is 2.69. The van der Waals surface area contributed by atoms with Crippen molar-refractivity contribution in [3.05, 3.63) is 0 Å². The summed E-state index contributed by atoms with van der Waals surface area (Å²) in [6.45, 7) is 0.850. The van der Waals surface area contributed by atoms with Gasteiger partial charge >= 0.3 is 5.97 Å². The molecule has 3 nitrogen and oxygen atoms in total. The Labute approximate surface area is 103 Å². The number of hydrogen-bond donors (Lipinski definition) is 1. The first kappa shape index (κ1) is 12.4. The highest BCUT2D eigenvalue weighted by molar-refractivity contribution is 5.74. The zero-order valence-electron chi connectivity index (χ0n) is 10.3. The maximum atomic E-state index is 11.3. The largest absolute Gasteiger partial charge is 0.480 e. The van der Waals surface area contributed by atoms with E-state index in [0.717, 1.165) is 25.8 Å². The van der Waals surface area contributed by atoms with Gasteiger partial charge in [0.2, 0.25) is 0 Å². The maximum absolute atomic E-state index is 11.3. The van der Waals surface area contributed by atoms with E-state index in [0.29, 0.717) is 12.0 Å². The molecule has 0 amide bonds. The first-order valence-corrected chi connectivity index (χ1v) is 6.66. The second-order valence-electron chi connectivity index (χ2n) is 5.25. The van der Waals surface area contributed by atoms with Crippen LogP contribution in [0, 0.1) is 18.3 Å². The summed E-state index contributed by atoms with van der Waals surface area (Å²) in [4.78, 5) is 13.5. The average molecular weight is 235 g/mol. The molecule has 0 aromatic heterocycles. The third kappa shape index (κ3) is 2.63. The Morgan fingerprint density at radius 2 is 2.18 bits per heavy atom. The number of fused-ring (bicyclic) bond motifs is 1. The van der Waals surface area contributed by atoms with Crippen LogP contribution in [0.1, 0.15) is 44.9 Å². The summed E-state index contributed by atoms with van der Waals surface area (Å²) in [6, 6.07) is 0.239. The Hall–Kier alpha value is -1.01. The molecule has 0 bridgehead atoms. The minimum Gasteiger partial charge on any atom is -0.480 e. The van der Waals surface area contributed by atoms with E-state index in [2.05, 4.69) is 10.8 Å². The van der Waals surface area contributed by atoms with E-state index < -0.39 is 5.97 Å². The lowest BCUT2D eigenvalue weighted by Gasteiger charge is -2.32.